The van der Waals surface area contributed by atoms with Crippen LogP contribution in [0.2, 0.25) is 0 Å². The van der Waals surface area contributed by atoms with Gasteiger partial charge in [0.15, 0.2) is 0 Å². The van der Waals surface area contributed by atoms with Crippen LogP contribution in [0.25, 0.3) is 10.8 Å². The molecule has 0 fully saturated rings. The first-order valence-corrected chi connectivity index (χ1v) is 8.30. The van der Waals surface area contributed by atoms with E-state index in [1.165, 1.54) is 14.2 Å². The maximum atomic E-state index is 12.0. The van der Waals surface area contributed by atoms with Gasteiger partial charge in [0.05, 0.1) is 19.9 Å². The van der Waals surface area contributed by atoms with E-state index in [1.54, 1.807) is 24.4 Å². The van der Waals surface area contributed by atoms with Crippen LogP contribution in [0, 0.1) is 0 Å². The minimum atomic E-state index is -3.40. The number of carbonyl (C=O) groups excluding carboxylic acids is 1. The van der Waals surface area contributed by atoms with Gasteiger partial charge >= 0.3 is 0 Å². The molecule has 0 aliphatic rings. The van der Waals surface area contributed by atoms with Gasteiger partial charge in [0, 0.05) is 29.7 Å². The zero-order valence-corrected chi connectivity index (χ0v) is 13.3. The maximum absolute atomic E-state index is 12.0. The Bertz CT molecular complexity index is 805. The number of pyridine rings is 1. The molecule has 2 aromatic rings. The van der Waals surface area contributed by atoms with Gasteiger partial charge in [-0.15, -0.1) is 0 Å². The van der Waals surface area contributed by atoms with Crippen molar-refractivity contribution in [3.05, 3.63) is 30.5 Å². The summed E-state index contributed by atoms with van der Waals surface area (Å²) >= 11 is 0. The fourth-order valence-corrected chi connectivity index (χ4v) is 2.31. The molecule has 1 heterocycles. The highest BCUT2D eigenvalue weighted by Gasteiger charge is 2.16. The largest absolute Gasteiger partial charge is 0.481 e. The van der Waals surface area contributed by atoms with Crippen molar-refractivity contribution in [3.8, 4) is 5.88 Å². The topological polar surface area (TPSA) is 88.6 Å². The standard InChI is InChI=1S/C14H17N3O4S/c1-17(22(3,19)20)9-13(18)16-12-6-4-5-11-10(12)7-8-15-14(11)21-2/h4-8H,9H2,1-3H3,(H,16,18). The Kier molecular flexibility index (Phi) is 4.62. The van der Waals surface area contributed by atoms with Gasteiger partial charge in [-0.3, -0.25) is 4.79 Å². The van der Waals surface area contributed by atoms with Crippen LogP contribution >= 0.6 is 0 Å². The van der Waals surface area contributed by atoms with Crippen molar-refractivity contribution in [2.75, 3.05) is 32.3 Å². The molecule has 0 saturated heterocycles. The molecule has 1 N–H and O–H groups in total. The Morgan fingerprint density at radius 3 is 2.68 bits per heavy atom. The number of amides is 1. The molecule has 2 rings (SSSR count). The molecule has 1 amide bonds. The summed E-state index contributed by atoms with van der Waals surface area (Å²) in [5.41, 5.74) is 0.574. The fourth-order valence-electron chi connectivity index (χ4n) is 1.96. The number of likely N-dealkylation sites (N-methyl/N-ethyl adjacent to an activating group) is 1. The molecule has 0 aliphatic heterocycles. The third-order valence-electron chi connectivity index (χ3n) is 3.17. The highest BCUT2D eigenvalue weighted by Crippen LogP contribution is 2.28. The molecule has 1 aromatic carbocycles. The number of nitrogens with one attached hydrogen (secondary N) is 1. The quantitative estimate of drug-likeness (QED) is 0.889. The predicted octanol–water partition coefficient (Wildman–Crippen LogP) is 1.07. The van der Waals surface area contributed by atoms with Crippen LogP contribution in [-0.4, -0.2) is 50.6 Å². The highest BCUT2D eigenvalue weighted by atomic mass is 32.2. The van der Waals surface area contributed by atoms with Crippen molar-refractivity contribution in [2.45, 2.75) is 0 Å². The van der Waals surface area contributed by atoms with Gasteiger partial charge < -0.3 is 10.1 Å². The van der Waals surface area contributed by atoms with Gasteiger partial charge in [0.1, 0.15) is 0 Å². The van der Waals surface area contributed by atoms with E-state index < -0.39 is 15.9 Å². The number of methoxy groups -OCH3 is 1. The summed E-state index contributed by atoms with van der Waals surface area (Å²) < 4.78 is 28.8. The zero-order chi connectivity index (χ0) is 16.3. The number of rotatable bonds is 5. The first-order chi connectivity index (χ1) is 10.3. The van der Waals surface area contributed by atoms with Gasteiger partial charge in [-0.05, 0) is 18.2 Å². The number of nitrogens with zero attached hydrogens (tertiary/aromatic N) is 2. The molecule has 0 radical (unpaired) electrons. The van der Waals surface area contributed by atoms with E-state index in [-0.39, 0.29) is 6.54 Å². The van der Waals surface area contributed by atoms with Gasteiger partial charge in [0.25, 0.3) is 0 Å². The van der Waals surface area contributed by atoms with Crippen LogP contribution in [0.4, 0.5) is 5.69 Å². The Hall–Kier alpha value is -2.19. The number of ether oxygens (including phenoxy) is 1. The molecule has 0 aliphatic carbocycles. The molecule has 1 aromatic heterocycles. The van der Waals surface area contributed by atoms with Crippen molar-refractivity contribution >= 4 is 32.4 Å². The molecule has 7 nitrogen and oxygen atoms in total. The number of fused-ring (bicyclic) bond motifs is 1. The van der Waals surface area contributed by atoms with Crippen LogP contribution in [0.3, 0.4) is 0 Å². The third-order valence-corrected chi connectivity index (χ3v) is 4.43. The van der Waals surface area contributed by atoms with E-state index >= 15 is 0 Å². The van der Waals surface area contributed by atoms with Crippen molar-refractivity contribution in [2.24, 2.45) is 0 Å². The summed E-state index contributed by atoms with van der Waals surface area (Å²) in [6, 6.07) is 7.09. The van der Waals surface area contributed by atoms with Crippen LogP contribution in [-0.2, 0) is 14.8 Å². The molecule has 0 atom stereocenters. The number of aromatic nitrogens is 1. The summed E-state index contributed by atoms with van der Waals surface area (Å²) in [6.07, 6.45) is 2.63. The summed E-state index contributed by atoms with van der Waals surface area (Å²) in [6.45, 7) is -0.253. The molecule has 0 unspecified atom stereocenters. The number of benzene rings is 1. The number of hydrogen-bond acceptors (Lipinski definition) is 5. The van der Waals surface area contributed by atoms with Gasteiger partial charge in [-0.1, -0.05) is 6.07 Å². The second-order valence-electron chi connectivity index (χ2n) is 4.79. The maximum Gasteiger partial charge on any atom is 0.239 e. The van der Waals surface area contributed by atoms with Crippen molar-refractivity contribution in [1.82, 2.24) is 9.29 Å². The summed E-state index contributed by atoms with van der Waals surface area (Å²) in [7, 11) is -0.527. The van der Waals surface area contributed by atoms with Crippen LogP contribution in [0.15, 0.2) is 30.5 Å². The average Bonchev–Trinajstić information content (AvgIpc) is 2.45. The van der Waals surface area contributed by atoms with E-state index in [0.717, 1.165) is 21.3 Å². The van der Waals surface area contributed by atoms with E-state index in [1.807, 2.05) is 6.07 Å². The zero-order valence-electron chi connectivity index (χ0n) is 12.5. The second-order valence-corrected chi connectivity index (χ2v) is 6.88. The molecule has 0 bridgehead atoms. The average molecular weight is 323 g/mol. The van der Waals surface area contributed by atoms with Crippen LogP contribution in [0.1, 0.15) is 0 Å². The predicted molar refractivity (Wildman–Crippen MR) is 84.4 cm³/mol. The van der Waals surface area contributed by atoms with E-state index in [0.29, 0.717) is 11.6 Å². The Morgan fingerprint density at radius 1 is 1.32 bits per heavy atom. The number of anilines is 1. The Labute approximate surface area is 129 Å². The van der Waals surface area contributed by atoms with Crippen molar-refractivity contribution in [1.29, 1.82) is 0 Å². The van der Waals surface area contributed by atoms with Gasteiger partial charge in [-0.25, -0.2) is 13.4 Å². The Balaban J connectivity index is 2.27. The molecular weight excluding hydrogens is 306 g/mol. The molecular formula is C14H17N3O4S. The first-order valence-electron chi connectivity index (χ1n) is 6.46. The molecule has 118 valence electrons. The molecule has 8 heteroatoms. The monoisotopic (exact) mass is 323 g/mol. The normalized spacial score (nSPS) is 11.6. The van der Waals surface area contributed by atoms with E-state index in [4.69, 9.17) is 4.74 Å². The first kappa shape index (κ1) is 16.2. The lowest BCUT2D eigenvalue weighted by atomic mass is 10.1. The minimum absolute atomic E-state index is 0.253. The number of hydrogen-bond donors (Lipinski definition) is 1. The van der Waals surface area contributed by atoms with Crippen molar-refractivity contribution in [3.63, 3.8) is 0 Å². The third kappa shape index (κ3) is 3.52. The lowest BCUT2D eigenvalue weighted by Gasteiger charge is -2.15. The number of sulfonamides is 1. The fraction of sp³-hybridized carbons (Fsp3) is 0.286. The summed E-state index contributed by atoms with van der Waals surface area (Å²) in [5, 5.41) is 4.24. The van der Waals surface area contributed by atoms with Crippen LogP contribution in [0.5, 0.6) is 5.88 Å². The summed E-state index contributed by atoms with van der Waals surface area (Å²) in [5.74, 6) is 0.0399. The van der Waals surface area contributed by atoms with E-state index in [9.17, 15) is 13.2 Å². The van der Waals surface area contributed by atoms with Crippen molar-refractivity contribution < 1.29 is 17.9 Å². The smallest absolute Gasteiger partial charge is 0.239 e. The lowest BCUT2D eigenvalue weighted by Crippen LogP contribution is -2.34. The number of carbonyl (C=O) groups is 1. The molecule has 0 spiro atoms. The van der Waals surface area contributed by atoms with Crippen LogP contribution < -0.4 is 10.1 Å². The van der Waals surface area contributed by atoms with E-state index in [2.05, 4.69) is 10.3 Å². The molecule has 22 heavy (non-hydrogen) atoms. The second kappa shape index (κ2) is 6.29. The van der Waals surface area contributed by atoms with Gasteiger partial charge in [0.2, 0.25) is 21.8 Å². The van der Waals surface area contributed by atoms with Gasteiger partial charge in [-0.2, -0.15) is 4.31 Å². The minimum Gasteiger partial charge on any atom is -0.481 e. The SMILES string of the molecule is COc1nccc2c(NC(=O)CN(C)S(C)(=O)=O)cccc12. The summed E-state index contributed by atoms with van der Waals surface area (Å²) in [4.78, 5) is 16.1. The highest BCUT2D eigenvalue weighted by molar-refractivity contribution is 7.88. The lowest BCUT2D eigenvalue weighted by molar-refractivity contribution is -0.116. The molecule has 0 saturated carbocycles. The Morgan fingerprint density at radius 2 is 2.05 bits per heavy atom.